The van der Waals surface area contributed by atoms with Crippen LogP contribution < -0.4 is 10.6 Å². The van der Waals surface area contributed by atoms with Gasteiger partial charge in [0, 0.05) is 13.2 Å². The molecule has 6 heteroatoms. The lowest BCUT2D eigenvalue weighted by atomic mass is 10.2. The van der Waals surface area contributed by atoms with Gasteiger partial charge >= 0.3 is 6.03 Å². The minimum absolute atomic E-state index is 0.140. The zero-order valence-corrected chi connectivity index (χ0v) is 10.5. The van der Waals surface area contributed by atoms with Crippen molar-refractivity contribution in [3.05, 3.63) is 24.3 Å². The van der Waals surface area contributed by atoms with Gasteiger partial charge in [-0.05, 0) is 25.0 Å². The summed E-state index contributed by atoms with van der Waals surface area (Å²) in [7, 11) is 0. The second kappa shape index (κ2) is 5.27. The number of para-hydroxylation sites is 2. The molecule has 2 aromatic rings. The maximum Gasteiger partial charge on any atom is 0.321 e. The number of urea groups is 1. The molecule has 19 heavy (non-hydrogen) atoms. The predicted octanol–water partition coefficient (Wildman–Crippen LogP) is 1.86. The van der Waals surface area contributed by atoms with Crippen LogP contribution in [0.5, 0.6) is 0 Å². The molecule has 100 valence electrons. The second-order valence-electron chi connectivity index (χ2n) is 4.57. The molecule has 3 N–H and O–H groups in total. The normalized spacial score (nSPS) is 18.6. The summed E-state index contributed by atoms with van der Waals surface area (Å²) in [5, 5.41) is 5.47. The van der Waals surface area contributed by atoms with Gasteiger partial charge in [0.15, 0.2) is 0 Å². The molecule has 0 spiro atoms. The Morgan fingerprint density at radius 2 is 2.37 bits per heavy atom. The molecule has 0 radical (unpaired) electrons. The number of benzene rings is 1. The summed E-state index contributed by atoms with van der Waals surface area (Å²) in [5.41, 5.74) is 1.73. The molecular formula is C13H16N4O2. The van der Waals surface area contributed by atoms with Crippen molar-refractivity contribution in [2.75, 3.05) is 18.5 Å². The van der Waals surface area contributed by atoms with Crippen LogP contribution in [0.4, 0.5) is 10.7 Å². The molecule has 2 heterocycles. The van der Waals surface area contributed by atoms with Gasteiger partial charge in [0.25, 0.3) is 0 Å². The van der Waals surface area contributed by atoms with E-state index < -0.39 is 0 Å². The highest BCUT2D eigenvalue weighted by Crippen LogP contribution is 2.13. The van der Waals surface area contributed by atoms with Crippen molar-refractivity contribution in [3.63, 3.8) is 0 Å². The Balaban J connectivity index is 1.56. The van der Waals surface area contributed by atoms with E-state index in [1.54, 1.807) is 0 Å². The number of anilines is 1. The number of imidazole rings is 1. The minimum atomic E-state index is -0.269. The van der Waals surface area contributed by atoms with Gasteiger partial charge in [-0.2, -0.15) is 0 Å². The van der Waals surface area contributed by atoms with Crippen LogP contribution in [0.1, 0.15) is 12.8 Å². The van der Waals surface area contributed by atoms with Gasteiger partial charge < -0.3 is 15.0 Å². The van der Waals surface area contributed by atoms with Gasteiger partial charge in [0.1, 0.15) is 0 Å². The first-order chi connectivity index (χ1) is 9.31. The molecule has 0 unspecified atom stereocenters. The number of hydrogen-bond acceptors (Lipinski definition) is 3. The predicted molar refractivity (Wildman–Crippen MR) is 72.1 cm³/mol. The van der Waals surface area contributed by atoms with Crippen LogP contribution in [0.2, 0.25) is 0 Å². The van der Waals surface area contributed by atoms with Crippen molar-refractivity contribution in [3.8, 4) is 0 Å². The molecule has 1 aromatic heterocycles. The Hall–Kier alpha value is -2.08. The van der Waals surface area contributed by atoms with Gasteiger partial charge in [-0.3, -0.25) is 5.32 Å². The first-order valence-corrected chi connectivity index (χ1v) is 6.42. The number of nitrogens with zero attached hydrogens (tertiary/aromatic N) is 1. The lowest BCUT2D eigenvalue weighted by Gasteiger charge is -2.10. The van der Waals surface area contributed by atoms with Gasteiger partial charge in [0.2, 0.25) is 5.95 Å². The summed E-state index contributed by atoms with van der Waals surface area (Å²) in [6.45, 7) is 1.32. The third-order valence-electron chi connectivity index (χ3n) is 3.14. The number of amides is 2. The van der Waals surface area contributed by atoms with Crippen molar-refractivity contribution < 1.29 is 9.53 Å². The first-order valence-electron chi connectivity index (χ1n) is 6.42. The fourth-order valence-electron chi connectivity index (χ4n) is 2.18. The number of nitrogens with one attached hydrogen (secondary N) is 3. The van der Waals surface area contributed by atoms with Crippen LogP contribution >= 0.6 is 0 Å². The highest BCUT2D eigenvalue weighted by Gasteiger charge is 2.16. The number of rotatable bonds is 3. The molecular weight excluding hydrogens is 244 g/mol. The summed E-state index contributed by atoms with van der Waals surface area (Å²) in [4.78, 5) is 19.0. The quantitative estimate of drug-likeness (QED) is 0.788. The number of carbonyl (C=O) groups excluding carboxylic acids is 1. The maximum atomic E-state index is 11.7. The summed E-state index contributed by atoms with van der Waals surface area (Å²) in [5.74, 6) is 0.450. The molecule has 0 bridgehead atoms. The number of hydrogen-bond donors (Lipinski definition) is 3. The van der Waals surface area contributed by atoms with Crippen LogP contribution in [0.25, 0.3) is 11.0 Å². The van der Waals surface area contributed by atoms with E-state index in [0.717, 1.165) is 30.5 Å². The van der Waals surface area contributed by atoms with Crippen LogP contribution in [0.15, 0.2) is 24.3 Å². The van der Waals surface area contributed by atoms with E-state index >= 15 is 0 Å². The molecule has 6 nitrogen and oxygen atoms in total. The second-order valence-corrected chi connectivity index (χ2v) is 4.57. The first kappa shape index (κ1) is 12.0. The molecule has 1 aromatic carbocycles. The number of ether oxygens (including phenoxy) is 1. The van der Waals surface area contributed by atoms with Crippen molar-refractivity contribution in [1.82, 2.24) is 15.3 Å². The average Bonchev–Trinajstić information content (AvgIpc) is 3.04. The third kappa shape index (κ3) is 2.85. The molecule has 2 amide bonds. The van der Waals surface area contributed by atoms with Gasteiger partial charge in [-0.15, -0.1) is 0 Å². The van der Waals surface area contributed by atoms with Gasteiger partial charge in [0.05, 0.1) is 17.1 Å². The lowest BCUT2D eigenvalue weighted by Crippen LogP contribution is -2.35. The van der Waals surface area contributed by atoms with Crippen LogP contribution in [-0.4, -0.2) is 35.3 Å². The summed E-state index contributed by atoms with van der Waals surface area (Å²) in [6.07, 6.45) is 2.21. The van der Waals surface area contributed by atoms with Crippen molar-refractivity contribution in [1.29, 1.82) is 0 Å². The van der Waals surface area contributed by atoms with Crippen molar-refractivity contribution in [2.24, 2.45) is 0 Å². The maximum absolute atomic E-state index is 11.7. The number of aromatic amines is 1. The largest absolute Gasteiger partial charge is 0.376 e. The van der Waals surface area contributed by atoms with Crippen LogP contribution in [0.3, 0.4) is 0 Å². The number of aromatic nitrogens is 2. The molecule has 1 fully saturated rings. The number of carbonyl (C=O) groups is 1. The Bertz CT molecular complexity index is 542. The molecule has 0 saturated carbocycles. The fourth-order valence-corrected chi connectivity index (χ4v) is 2.18. The van der Waals surface area contributed by atoms with Crippen molar-refractivity contribution in [2.45, 2.75) is 18.9 Å². The molecule has 1 saturated heterocycles. The minimum Gasteiger partial charge on any atom is -0.376 e. The smallest absolute Gasteiger partial charge is 0.321 e. The summed E-state index contributed by atoms with van der Waals surface area (Å²) in [6, 6.07) is 7.36. The van der Waals surface area contributed by atoms with Crippen LogP contribution in [-0.2, 0) is 4.74 Å². The zero-order chi connectivity index (χ0) is 13.1. The molecule has 1 atom stereocenters. The Kier molecular flexibility index (Phi) is 3.33. The van der Waals surface area contributed by atoms with E-state index in [2.05, 4.69) is 20.6 Å². The average molecular weight is 260 g/mol. The number of fused-ring (bicyclic) bond motifs is 1. The summed E-state index contributed by atoms with van der Waals surface area (Å²) >= 11 is 0. The van der Waals surface area contributed by atoms with E-state index in [0.29, 0.717) is 12.5 Å². The standard InChI is InChI=1S/C13H16N4O2/c18-13(14-8-9-4-3-7-19-9)17-12-15-10-5-1-2-6-11(10)16-12/h1-2,5-6,9H,3-4,7-8H2,(H3,14,15,16,17,18)/t9-/m1/s1. The lowest BCUT2D eigenvalue weighted by molar-refractivity contribution is 0.112. The van der Waals surface area contributed by atoms with E-state index in [1.807, 2.05) is 24.3 Å². The zero-order valence-electron chi connectivity index (χ0n) is 10.5. The SMILES string of the molecule is O=C(NC[C@H]1CCCO1)Nc1nc2ccccc2[nH]1. The highest BCUT2D eigenvalue weighted by atomic mass is 16.5. The molecule has 1 aliphatic rings. The van der Waals surface area contributed by atoms with E-state index in [-0.39, 0.29) is 12.1 Å². The van der Waals surface area contributed by atoms with Crippen molar-refractivity contribution >= 4 is 23.0 Å². The van der Waals surface area contributed by atoms with Gasteiger partial charge in [-0.25, -0.2) is 9.78 Å². The fraction of sp³-hybridized carbons (Fsp3) is 0.385. The van der Waals surface area contributed by atoms with E-state index in [4.69, 9.17) is 4.74 Å². The van der Waals surface area contributed by atoms with E-state index in [1.165, 1.54) is 0 Å². The molecule has 0 aliphatic carbocycles. The topological polar surface area (TPSA) is 79.0 Å². The molecule has 3 rings (SSSR count). The van der Waals surface area contributed by atoms with E-state index in [9.17, 15) is 4.79 Å². The third-order valence-corrected chi connectivity index (χ3v) is 3.14. The monoisotopic (exact) mass is 260 g/mol. The number of H-pyrrole nitrogens is 1. The van der Waals surface area contributed by atoms with Gasteiger partial charge in [-0.1, -0.05) is 12.1 Å². The van der Waals surface area contributed by atoms with Crippen LogP contribution in [0, 0.1) is 0 Å². The highest BCUT2D eigenvalue weighted by molar-refractivity contribution is 5.89. The Morgan fingerprint density at radius 1 is 1.47 bits per heavy atom. The Morgan fingerprint density at radius 3 is 3.16 bits per heavy atom. The summed E-state index contributed by atoms with van der Waals surface area (Å²) < 4.78 is 5.44. The Labute approximate surface area is 110 Å². The molecule has 1 aliphatic heterocycles.